The maximum absolute atomic E-state index is 5.93. The van der Waals surface area contributed by atoms with Gasteiger partial charge in [-0.3, -0.25) is 9.80 Å². The maximum atomic E-state index is 5.93. The lowest BCUT2D eigenvalue weighted by Crippen LogP contribution is -2.49. The summed E-state index contributed by atoms with van der Waals surface area (Å²) in [5.74, 6) is 0. The van der Waals surface area contributed by atoms with Gasteiger partial charge in [-0.2, -0.15) is 0 Å². The zero-order chi connectivity index (χ0) is 13.1. The van der Waals surface area contributed by atoms with Gasteiger partial charge in [0, 0.05) is 45.0 Å². The van der Waals surface area contributed by atoms with Crippen molar-refractivity contribution >= 4 is 11.6 Å². The van der Waals surface area contributed by atoms with Crippen LogP contribution in [0.5, 0.6) is 0 Å². The van der Waals surface area contributed by atoms with Crippen LogP contribution in [0.4, 0.5) is 0 Å². The monoisotopic (exact) mass is 279 g/mol. The Labute approximate surface area is 120 Å². The fraction of sp³-hybridized carbons (Fsp3) is 0.667. The molecule has 1 saturated carbocycles. The number of hydrogen-bond acceptors (Lipinski definition) is 3. The van der Waals surface area contributed by atoms with Crippen molar-refractivity contribution in [3.05, 3.63) is 29.0 Å². The zero-order valence-corrected chi connectivity index (χ0v) is 12.1. The first kappa shape index (κ1) is 13.3. The van der Waals surface area contributed by atoms with E-state index in [0.717, 1.165) is 12.6 Å². The molecule has 2 heterocycles. The largest absolute Gasteiger partial charge is 0.298 e. The highest BCUT2D eigenvalue weighted by atomic mass is 35.5. The molecular formula is C15H22ClN3. The van der Waals surface area contributed by atoms with Gasteiger partial charge in [0.2, 0.25) is 0 Å². The first-order chi connectivity index (χ1) is 9.31. The van der Waals surface area contributed by atoms with Gasteiger partial charge in [0.1, 0.15) is 5.15 Å². The summed E-state index contributed by atoms with van der Waals surface area (Å²) in [6.07, 6.45) is 7.49. The van der Waals surface area contributed by atoms with Gasteiger partial charge < -0.3 is 0 Å². The van der Waals surface area contributed by atoms with Crippen LogP contribution in [-0.4, -0.2) is 47.0 Å². The van der Waals surface area contributed by atoms with Crippen LogP contribution in [0.3, 0.4) is 0 Å². The van der Waals surface area contributed by atoms with Gasteiger partial charge in [0.15, 0.2) is 0 Å². The second kappa shape index (κ2) is 6.21. The average Bonchev–Trinajstić information content (AvgIpc) is 2.94. The summed E-state index contributed by atoms with van der Waals surface area (Å²) in [6.45, 7) is 5.81. The van der Waals surface area contributed by atoms with E-state index in [0.29, 0.717) is 5.15 Å². The Bertz CT molecular complexity index is 410. The fourth-order valence-electron chi connectivity index (χ4n) is 3.36. The first-order valence-corrected chi connectivity index (χ1v) is 7.76. The number of nitrogens with zero attached hydrogens (tertiary/aromatic N) is 3. The van der Waals surface area contributed by atoms with Crippen LogP contribution in [0.1, 0.15) is 31.2 Å². The summed E-state index contributed by atoms with van der Waals surface area (Å²) in [5.41, 5.74) is 1.27. The van der Waals surface area contributed by atoms with Gasteiger partial charge >= 0.3 is 0 Å². The van der Waals surface area contributed by atoms with E-state index >= 15 is 0 Å². The number of aromatic nitrogens is 1. The van der Waals surface area contributed by atoms with E-state index < -0.39 is 0 Å². The minimum Gasteiger partial charge on any atom is -0.298 e. The van der Waals surface area contributed by atoms with E-state index in [4.69, 9.17) is 11.6 Å². The van der Waals surface area contributed by atoms with Gasteiger partial charge in [0.05, 0.1) is 0 Å². The van der Waals surface area contributed by atoms with E-state index in [1.54, 1.807) is 6.20 Å². The molecule has 2 aliphatic rings. The third kappa shape index (κ3) is 3.47. The molecule has 1 aromatic rings. The fourth-order valence-corrected chi connectivity index (χ4v) is 3.55. The molecule has 1 aliphatic carbocycles. The molecule has 4 heteroatoms. The first-order valence-electron chi connectivity index (χ1n) is 7.38. The van der Waals surface area contributed by atoms with Gasteiger partial charge in [-0.05, 0) is 30.5 Å². The van der Waals surface area contributed by atoms with Crippen molar-refractivity contribution in [3.8, 4) is 0 Å². The quantitative estimate of drug-likeness (QED) is 0.793. The zero-order valence-electron chi connectivity index (χ0n) is 11.4. The molecule has 0 amide bonds. The van der Waals surface area contributed by atoms with Crippen LogP contribution in [0.15, 0.2) is 18.3 Å². The molecule has 0 spiro atoms. The van der Waals surface area contributed by atoms with E-state index in [9.17, 15) is 0 Å². The van der Waals surface area contributed by atoms with Crippen LogP contribution < -0.4 is 0 Å². The van der Waals surface area contributed by atoms with Crippen molar-refractivity contribution < 1.29 is 0 Å². The van der Waals surface area contributed by atoms with Gasteiger partial charge in [-0.1, -0.05) is 24.4 Å². The summed E-state index contributed by atoms with van der Waals surface area (Å²) >= 11 is 5.93. The van der Waals surface area contributed by atoms with E-state index in [-0.39, 0.29) is 0 Å². The smallest absolute Gasteiger partial charge is 0.129 e. The van der Waals surface area contributed by atoms with Crippen molar-refractivity contribution in [1.29, 1.82) is 0 Å². The number of rotatable bonds is 3. The molecule has 1 aliphatic heterocycles. The van der Waals surface area contributed by atoms with Gasteiger partial charge in [0.25, 0.3) is 0 Å². The Morgan fingerprint density at radius 1 is 1.16 bits per heavy atom. The number of hydrogen-bond donors (Lipinski definition) is 0. The molecule has 1 saturated heterocycles. The molecule has 19 heavy (non-hydrogen) atoms. The Balaban J connectivity index is 1.50. The number of piperazine rings is 1. The topological polar surface area (TPSA) is 19.4 Å². The van der Waals surface area contributed by atoms with E-state index in [1.807, 2.05) is 6.07 Å². The normalized spacial score (nSPS) is 23.0. The summed E-state index contributed by atoms with van der Waals surface area (Å²) in [4.78, 5) is 9.26. The van der Waals surface area contributed by atoms with Crippen LogP contribution >= 0.6 is 11.6 Å². The van der Waals surface area contributed by atoms with Crippen molar-refractivity contribution in [1.82, 2.24) is 14.8 Å². The minimum absolute atomic E-state index is 0.599. The highest BCUT2D eigenvalue weighted by Crippen LogP contribution is 2.24. The SMILES string of the molecule is Clc1cc(CN2CCN(C3CCCC3)CC2)ccn1. The Kier molecular flexibility index (Phi) is 4.36. The van der Waals surface area contributed by atoms with Crippen LogP contribution in [0.2, 0.25) is 5.15 Å². The lowest BCUT2D eigenvalue weighted by atomic mass is 10.1. The predicted molar refractivity (Wildman–Crippen MR) is 78.4 cm³/mol. The molecule has 0 radical (unpaired) electrons. The molecule has 0 aromatic carbocycles. The molecule has 0 bridgehead atoms. The molecule has 3 nitrogen and oxygen atoms in total. The Morgan fingerprint density at radius 2 is 1.89 bits per heavy atom. The second-order valence-corrected chi connectivity index (χ2v) is 6.12. The van der Waals surface area contributed by atoms with Crippen molar-refractivity contribution in [2.45, 2.75) is 38.3 Å². The van der Waals surface area contributed by atoms with Gasteiger partial charge in [-0.25, -0.2) is 4.98 Å². The molecule has 0 N–H and O–H groups in total. The summed E-state index contributed by atoms with van der Waals surface area (Å²) in [6, 6.07) is 4.91. The third-order valence-corrected chi connectivity index (χ3v) is 4.65. The number of pyridine rings is 1. The molecule has 0 unspecified atom stereocenters. The van der Waals surface area contributed by atoms with Crippen molar-refractivity contribution in [2.24, 2.45) is 0 Å². The summed E-state index contributed by atoms with van der Waals surface area (Å²) in [5, 5.41) is 0.599. The lowest BCUT2D eigenvalue weighted by Gasteiger charge is -2.38. The van der Waals surface area contributed by atoms with E-state index in [2.05, 4.69) is 20.9 Å². The molecule has 3 rings (SSSR count). The lowest BCUT2D eigenvalue weighted by molar-refractivity contribution is 0.0937. The van der Waals surface area contributed by atoms with Crippen molar-refractivity contribution in [3.63, 3.8) is 0 Å². The Hall–Kier alpha value is -0.640. The number of halogens is 1. The van der Waals surface area contributed by atoms with Crippen LogP contribution in [-0.2, 0) is 6.54 Å². The molecular weight excluding hydrogens is 258 g/mol. The third-order valence-electron chi connectivity index (χ3n) is 4.45. The maximum Gasteiger partial charge on any atom is 0.129 e. The highest BCUT2D eigenvalue weighted by molar-refractivity contribution is 6.29. The highest BCUT2D eigenvalue weighted by Gasteiger charge is 2.25. The van der Waals surface area contributed by atoms with Crippen LogP contribution in [0, 0.1) is 0 Å². The standard InChI is InChI=1S/C15H22ClN3/c16-15-11-13(5-6-17-15)12-18-7-9-19(10-8-18)14-3-1-2-4-14/h5-6,11,14H,1-4,7-10,12H2. The summed E-state index contributed by atoms with van der Waals surface area (Å²) < 4.78 is 0. The second-order valence-electron chi connectivity index (χ2n) is 5.74. The molecule has 2 fully saturated rings. The minimum atomic E-state index is 0.599. The molecule has 104 valence electrons. The summed E-state index contributed by atoms with van der Waals surface area (Å²) in [7, 11) is 0. The van der Waals surface area contributed by atoms with Gasteiger partial charge in [-0.15, -0.1) is 0 Å². The van der Waals surface area contributed by atoms with Crippen molar-refractivity contribution in [2.75, 3.05) is 26.2 Å². The molecule has 1 aromatic heterocycles. The predicted octanol–water partition coefficient (Wildman–Crippen LogP) is 2.80. The van der Waals surface area contributed by atoms with Crippen LogP contribution in [0.25, 0.3) is 0 Å². The van der Waals surface area contributed by atoms with E-state index in [1.165, 1.54) is 57.4 Å². The molecule has 0 atom stereocenters. The Morgan fingerprint density at radius 3 is 2.58 bits per heavy atom. The average molecular weight is 280 g/mol.